The summed E-state index contributed by atoms with van der Waals surface area (Å²) in [6.45, 7) is 10.2. The minimum atomic E-state index is 0.376. The lowest BCUT2D eigenvalue weighted by atomic mass is 10.0. The Labute approximate surface area is 178 Å². The van der Waals surface area contributed by atoms with E-state index in [1.54, 1.807) is 0 Å². The predicted octanol–water partition coefficient (Wildman–Crippen LogP) is 3.27. The van der Waals surface area contributed by atoms with E-state index in [2.05, 4.69) is 64.9 Å². The van der Waals surface area contributed by atoms with Gasteiger partial charge in [-0.1, -0.05) is 30.3 Å². The van der Waals surface area contributed by atoms with Crippen molar-refractivity contribution in [3.8, 4) is 0 Å². The first-order valence-electron chi connectivity index (χ1n) is 10.9. The van der Waals surface area contributed by atoms with E-state index in [4.69, 9.17) is 14.2 Å². The lowest BCUT2D eigenvalue weighted by Gasteiger charge is -2.23. The molecule has 158 valence electrons. The van der Waals surface area contributed by atoms with Gasteiger partial charge in [-0.3, -0.25) is 0 Å². The number of hydrogen-bond donors (Lipinski definition) is 0. The van der Waals surface area contributed by atoms with Gasteiger partial charge >= 0.3 is 0 Å². The van der Waals surface area contributed by atoms with Crippen molar-refractivity contribution in [2.75, 3.05) is 55.8 Å². The van der Waals surface area contributed by atoms with Crippen LogP contribution in [0.2, 0.25) is 0 Å². The molecule has 2 aromatic carbocycles. The number of hydrogen-bond acceptors (Lipinski definition) is 5. The zero-order chi connectivity index (χ0) is 20.3. The highest BCUT2D eigenvalue weighted by Crippen LogP contribution is 2.24. The molecule has 3 saturated heterocycles. The monoisotopic (exact) mass is 406 g/mol. The summed E-state index contributed by atoms with van der Waals surface area (Å²) in [5, 5.41) is 0. The van der Waals surface area contributed by atoms with Crippen LogP contribution in [-0.4, -0.2) is 64.3 Å². The number of epoxide rings is 3. The fraction of sp³-hybridized carbons (Fsp3) is 0.440. The normalized spacial score (nSPS) is 23.7. The first kappa shape index (κ1) is 19.6. The molecular weight excluding hydrogens is 376 g/mol. The summed E-state index contributed by atoms with van der Waals surface area (Å²) in [6.07, 6.45) is 4.03. The molecule has 0 spiro atoms. The van der Waals surface area contributed by atoms with Crippen molar-refractivity contribution in [1.82, 2.24) is 0 Å². The minimum Gasteiger partial charge on any atom is -0.371 e. The molecule has 2 aromatic rings. The van der Waals surface area contributed by atoms with Gasteiger partial charge < -0.3 is 24.0 Å². The van der Waals surface area contributed by atoms with Crippen LogP contribution in [0.15, 0.2) is 61.2 Å². The van der Waals surface area contributed by atoms with Crippen molar-refractivity contribution >= 4 is 11.4 Å². The molecule has 0 radical (unpaired) electrons. The van der Waals surface area contributed by atoms with E-state index in [1.807, 2.05) is 6.08 Å². The Morgan fingerprint density at radius 3 is 1.50 bits per heavy atom. The molecule has 3 unspecified atom stereocenters. The Balaban J connectivity index is 1.21. The van der Waals surface area contributed by atoms with Crippen molar-refractivity contribution in [1.29, 1.82) is 0 Å². The van der Waals surface area contributed by atoms with Crippen molar-refractivity contribution in [2.45, 2.75) is 24.7 Å². The minimum absolute atomic E-state index is 0.376. The second-order valence-electron chi connectivity index (χ2n) is 8.47. The SMILES string of the molecule is C=CCN(CC1CO1)c1ccc(Cc2ccc(N(CC3CO3)CC3CO3)cc2)cc1. The maximum absolute atomic E-state index is 5.43. The summed E-state index contributed by atoms with van der Waals surface area (Å²) in [4.78, 5) is 4.72. The van der Waals surface area contributed by atoms with E-state index in [0.29, 0.717) is 18.3 Å². The molecule has 5 heteroatoms. The van der Waals surface area contributed by atoms with Gasteiger partial charge in [0.05, 0.1) is 38.1 Å². The summed E-state index contributed by atoms with van der Waals surface area (Å²) in [5.41, 5.74) is 5.13. The predicted molar refractivity (Wildman–Crippen MR) is 120 cm³/mol. The van der Waals surface area contributed by atoms with E-state index in [1.165, 1.54) is 22.5 Å². The van der Waals surface area contributed by atoms with Crippen LogP contribution in [0, 0.1) is 0 Å². The third kappa shape index (κ3) is 5.42. The lowest BCUT2D eigenvalue weighted by Crippen LogP contribution is -2.31. The van der Waals surface area contributed by atoms with E-state index in [-0.39, 0.29) is 0 Å². The molecular formula is C25H30N2O3. The van der Waals surface area contributed by atoms with E-state index >= 15 is 0 Å². The molecule has 3 fully saturated rings. The molecule has 0 bridgehead atoms. The molecule has 3 atom stereocenters. The van der Waals surface area contributed by atoms with Crippen molar-refractivity contribution in [3.05, 3.63) is 72.3 Å². The van der Waals surface area contributed by atoms with Crippen LogP contribution in [-0.2, 0) is 20.6 Å². The summed E-state index contributed by atoms with van der Waals surface area (Å²) < 4.78 is 16.3. The Kier molecular flexibility index (Phi) is 5.75. The summed E-state index contributed by atoms with van der Waals surface area (Å²) in [6, 6.07) is 17.8. The van der Waals surface area contributed by atoms with Gasteiger partial charge in [0.25, 0.3) is 0 Å². The zero-order valence-electron chi connectivity index (χ0n) is 17.4. The highest BCUT2D eigenvalue weighted by Gasteiger charge is 2.31. The van der Waals surface area contributed by atoms with Crippen molar-refractivity contribution < 1.29 is 14.2 Å². The van der Waals surface area contributed by atoms with Gasteiger partial charge in [0, 0.05) is 37.6 Å². The van der Waals surface area contributed by atoms with Crippen LogP contribution in [0.1, 0.15) is 11.1 Å². The molecule has 0 saturated carbocycles. The van der Waals surface area contributed by atoms with Gasteiger partial charge in [-0.15, -0.1) is 6.58 Å². The molecule has 5 rings (SSSR count). The molecule has 0 aromatic heterocycles. The van der Waals surface area contributed by atoms with Crippen molar-refractivity contribution in [2.24, 2.45) is 0 Å². The third-order valence-electron chi connectivity index (χ3n) is 5.84. The van der Waals surface area contributed by atoms with Gasteiger partial charge in [-0.25, -0.2) is 0 Å². The maximum Gasteiger partial charge on any atom is 0.0984 e. The molecule has 5 nitrogen and oxygen atoms in total. The van der Waals surface area contributed by atoms with Gasteiger partial charge in [-0.05, 0) is 41.8 Å². The van der Waals surface area contributed by atoms with Crippen LogP contribution in [0.25, 0.3) is 0 Å². The van der Waals surface area contributed by atoms with E-state index in [9.17, 15) is 0 Å². The molecule has 0 N–H and O–H groups in total. The summed E-state index contributed by atoms with van der Waals surface area (Å²) in [5.74, 6) is 0. The van der Waals surface area contributed by atoms with Gasteiger partial charge in [0.1, 0.15) is 0 Å². The number of anilines is 2. The molecule has 3 aliphatic rings. The Bertz CT molecular complexity index is 826. The van der Waals surface area contributed by atoms with Gasteiger partial charge in [0.2, 0.25) is 0 Å². The standard InChI is InChI=1S/C25H30N2O3/c1-2-11-26(13-23-16-28-23)21-7-3-19(4-8-21)12-20-5-9-22(10-6-20)27(14-24-17-29-24)15-25-18-30-25/h2-10,23-25H,1,11-18H2. The quantitative estimate of drug-likeness (QED) is 0.400. The second kappa shape index (κ2) is 8.80. The average molecular weight is 407 g/mol. The van der Waals surface area contributed by atoms with Crippen LogP contribution in [0.5, 0.6) is 0 Å². The number of rotatable bonds is 12. The first-order valence-corrected chi connectivity index (χ1v) is 10.9. The molecule has 0 aliphatic carbocycles. The van der Waals surface area contributed by atoms with Gasteiger partial charge in [0.15, 0.2) is 0 Å². The fourth-order valence-corrected chi connectivity index (χ4v) is 3.87. The highest BCUT2D eigenvalue weighted by atomic mass is 16.6. The molecule has 3 aliphatic heterocycles. The highest BCUT2D eigenvalue weighted by molar-refractivity contribution is 5.51. The van der Waals surface area contributed by atoms with Crippen LogP contribution in [0.3, 0.4) is 0 Å². The third-order valence-corrected chi connectivity index (χ3v) is 5.84. The zero-order valence-corrected chi connectivity index (χ0v) is 17.4. The Hall–Kier alpha value is -2.34. The number of benzene rings is 2. The van der Waals surface area contributed by atoms with Crippen LogP contribution >= 0.6 is 0 Å². The lowest BCUT2D eigenvalue weighted by molar-refractivity contribution is 0.389. The average Bonchev–Trinajstić information content (AvgIpc) is 3.60. The maximum atomic E-state index is 5.43. The topological polar surface area (TPSA) is 44.1 Å². The molecule has 30 heavy (non-hydrogen) atoms. The first-order chi connectivity index (χ1) is 14.8. The van der Waals surface area contributed by atoms with Crippen molar-refractivity contribution in [3.63, 3.8) is 0 Å². The smallest absolute Gasteiger partial charge is 0.0984 e. The summed E-state index contributed by atoms with van der Waals surface area (Å²) in [7, 11) is 0. The Morgan fingerprint density at radius 2 is 1.10 bits per heavy atom. The Morgan fingerprint density at radius 1 is 0.700 bits per heavy atom. The molecule has 0 amide bonds. The van der Waals surface area contributed by atoms with Gasteiger partial charge in [-0.2, -0.15) is 0 Å². The second-order valence-corrected chi connectivity index (χ2v) is 8.47. The largest absolute Gasteiger partial charge is 0.371 e. The summed E-state index contributed by atoms with van der Waals surface area (Å²) >= 11 is 0. The van der Waals surface area contributed by atoms with Crippen LogP contribution in [0.4, 0.5) is 11.4 Å². The van der Waals surface area contributed by atoms with E-state index < -0.39 is 0 Å². The number of ether oxygens (including phenoxy) is 3. The van der Waals surface area contributed by atoms with E-state index in [0.717, 1.165) is 52.4 Å². The molecule has 3 heterocycles. The number of nitrogens with zero attached hydrogens (tertiary/aromatic N) is 2. The van der Waals surface area contributed by atoms with Crippen LogP contribution < -0.4 is 9.80 Å². The fourth-order valence-electron chi connectivity index (χ4n) is 3.87.